The minimum Gasteiger partial charge on any atom is -0.480 e. The molecule has 8 heteroatoms. The maximum Gasteiger partial charge on any atom is 0.328 e. The monoisotopic (exact) mass is 262 g/mol. The normalized spacial score (nSPS) is 11.5. The lowest BCUT2D eigenvalue weighted by atomic mass is 10.3. The highest BCUT2D eigenvalue weighted by Crippen LogP contribution is 1.96. The molecular weight excluding hydrogens is 244 g/mol. The highest BCUT2D eigenvalue weighted by atomic mass is 16.5. The summed E-state index contributed by atoms with van der Waals surface area (Å²) in [6.07, 6.45) is 0.598. The first-order valence-electron chi connectivity index (χ1n) is 5.42. The van der Waals surface area contributed by atoms with E-state index >= 15 is 0 Å². The number of carbonyl (C=O) groups excluding carboxylic acids is 2. The summed E-state index contributed by atoms with van der Waals surface area (Å²) < 4.78 is 4.43. The molecule has 0 aliphatic rings. The van der Waals surface area contributed by atoms with Crippen LogP contribution in [0.3, 0.4) is 0 Å². The molecule has 3 N–H and O–H groups in total. The Bertz CT molecular complexity index is 307. The lowest BCUT2D eigenvalue weighted by Crippen LogP contribution is -2.51. The van der Waals surface area contributed by atoms with Crippen molar-refractivity contribution < 1.29 is 29.3 Å². The lowest BCUT2D eigenvalue weighted by Gasteiger charge is -2.23. The number of carbonyl (C=O) groups is 3. The van der Waals surface area contributed by atoms with Gasteiger partial charge in [0, 0.05) is 6.54 Å². The molecule has 0 aliphatic heterocycles. The highest BCUT2D eigenvalue weighted by molar-refractivity contribution is 5.85. The first kappa shape index (κ1) is 16.2. The molecule has 0 aromatic carbocycles. The van der Waals surface area contributed by atoms with Crippen molar-refractivity contribution in [1.29, 1.82) is 0 Å². The molecule has 104 valence electrons. The molecule has 0 aromatic rings. The molecule has 0 saturated carbocycles. The molecule has 0 saturated heterocycles. The third-order valence-corrected chi connectivity index (χ3v) is 2.11. The van der Waals surface area contributed by atoms with Gasteiger partial charge in [-0.05, 0) is 6.42 Å². The van der Waals surface area contributed by atoms with Crippen LogP contribution in [0.1, 0.15) is 13.3 Å². The van der Waals surface area contributed by atoms with Gasteiger partial charge in [0.2, 0.25) is 0 Å². The number of aliphatic hydroxyl groups excluding tert-OH is 1. The van der Waals surface area contributed by atoms with Crippen molar-refractivity contribution in [1.82, 2.24) is 10.2 Å². The van der Waals surface area contributed by atoms with Crippen LogP contribution >= 0.6 is 0 Å². The van der Waals surface area contributed by atoms with Gasteiger partial charge in [-0.1, -0.05) is 6.92 Å². The van der Waals surface area contributed by atoms with E-state index in [4.69, 9.17) is 10.2 Å². The first-order valence-corrected chi connectivity index (χ1v) is 5.42. The second-order valence-corrected chi connectivity index (χ2v) is 3.52. The number of esters is 1. The van der Waals surface area contributed by atoms with E-state index in [1.54, 1.807) is 6.92 Å². The second-order valence-electron chi connectivity index (χ2n) is 3.52. The van der Waals surface area contributed by atoms with Crippen LogP contribution in [0, 0.1) is 0 Å². The molecule has 0 unspecified atom stereocenters. The van der Waals surface area contributed by atoms with E-state index in [9.17, 15) is 14.4 Å². The van der Waals surface area contributed by atoms with E-state index in [1.165, 1.54) is 7.11 Å². The number of hydrogen-bond acceptors (Lipinski definition) is 5. The summed E-state index contributed by atoms with van der Waals surface area (Å²) in [5.41, 5.74) is 0. The van der Waals surface area contributed by atoms with Gasteiger partial charge in [-0.3, -0.25) is 4.79 Å². The maximum absolute atomic E-state index is 11.7. The predicted molar refractivity (Wildman–Crippen MR) is 60.9 cm³/mol. The van der Waals surface area contributed by atoms with Crippen molar-refractivity contribution in [2.45, 2.75) is 19.4 Å². The van der Waals surface area contributed by atoms with Crippen molar-refractivity contribution >= 4 is 18.0 Å². The Hall–Kier alpha value is -1.83. The van der Waals surface area contributed by atoms with Crippen LogP contribution in [0.2, 0.25) is 0 Å². The largest absolute Gasteiger partial charge is 0.480 e. The number of ether oxygens (including phenoxy) is 1. The number of nitrogens with zero attached hydrogens (tertiary/aromatic N) is 1. The standard InChI is InChI=1S/C10H18N2O6/c1-3-4-12(5-8(14)18-2)10(17)11-7(6-13)9(15)16/h7,13H,3-6H2,1-2H3,(H,11,17)(H,15,16)/t7-/m0/s1. The Balaban J connectivity index is 4.55. The zero-order chi connectivity index (χ0) is 14.1. The lowest BCUT2D eigenvalue weighted by molar-refractivity contribution is -0.141. The van der Waals surface area contributed by atoms with E-state index in [0.717, 1.165) is 4.90 Å². The summed E-state index contributed by atoms with van der Waals surface area (Å²) in [5.74, 6) is -1.95. The summed E-state index contributed by atoms with van der Waals surface area (Å²) in [5, 5.41) is 19.6. The predicted octanol–water partition coefficient (Wildman–Crippen LogP) is -0.973. The minimum atomic E-state index is -1.39. The van der Waals surface area contributed by atoms with Crippen molar-refractivity contribution in [3.63, 3.8) is 0 Å². The Morgan fingerprint density at radius 1 is 1.39 bits per heavy atom. The van der Waals surface area contributed by atoms with Gasteiger partial charge >= 0.3 is 18.0 Å². The summed E-state index contributed by atoms with van der Waals surface area (Å²) in [7, 11) is 1.19. The molecule has 0 rings (SSSR count). The molecule has 8 nitrogen and oxygen atoms in total. The van der Waals surface area contributed by atoms with Crippen LogP contribution in [0.25, 0.3) is 0 Å². The third-order valence-electron chi connectivity index (χ3n) is 2.11. The van der Waals surface area contributed by atoms with Crippen LogP contribution in [-0.2, 0) is 14.3 Å². The first-order chi connectivity index (χ1) is 8.46. The van der Waals surface area contributed by atoms with Crippen LogP contribution in [0.4, 0.5) is 4.79 Å². The third kappa shape index (κ3) is 5.48. The Morgan fingerprint density at radius 2 is 2.00 bits per heavy atom. The fourth-order valence-electron chi connectivity index (χ4n) is 1.17. The zero-order valence-corrected chi connectivity index (χ0v) is 10.4. The highest BCUT2D eigenvalue weighted by Gasteiger charge is 2.23. The number of carboxylic acids is 1. The molecule has 0 aliphatic carbocycles. The zero-order valence-electron chi connectivity index (χ0n) is 10.4. The van der Waals surface area contributed by atoms with Crippen LogP contribution < -0.4 is 5.32 Å². The maximum atomic E-state index is 11.7. The Kier molecular flexibility index (Phi) is 7.45. The number of rotatable bonds is 7. The van der Waals surface area contributed by atoms with E-state index in [2.05, 4.69) is 10.1 Å². The molecule has 0 heterocycles. The number of aliphatic carboxylic acids is 1. The van der Waals surface area contributed by atoms with Gasteiger partial charge < -0.3 is 25.2 Å². The topological polar surface area (TPSA) is 116 Å². The van der Waals surface area contributed by atoms with Gasteiger partial charge in [0.1, 0.15) is 6.54 Å². The average Bonchev–Trinajstić information content (AvgIpc) is 2.34. The summed E-state index contributed by atoms with van der Waals surface area (Å²) in [4.78, 5) is 34.5. The van der Waals surface area contributed by atoms with Gasteiger partial charge in [0.15, 0.2) is 6.04 Å². The molecular formula is C10H18N2O6. The second kappa shape index (κ2) is 8.29. The van der Waals surface area contributed by atoms with Gasteiger partial charge in [-0.2, -0.15) is 0 Å². The van der Waals surface area contributed by atoms with Crippen molar-refractivity contribution in [3.8, 4) is 0 Å². The number of amides is 2. The Labute approximate surface area is 105 Å². The van der Waals surface area contributed by atoms with E-state index in [0.29, 0.717) is 6.42 Å². The Morgan fingerprint density at radius 3 is 2.39 bits per heavy atom. The van der Waals surface area contributed by atoms with E-state index < -0.39 is 30.6 Å². The van der Waals surface area contributed by atoms with E-state index in [1.807, 2.05) is 0 Å². The molecule has 2 amide bonds. The molecule has 1 atom stereocenters. The fraction of sp³-hybridized carbons (Fsp3) is 0.700. The average molecular weight is 262 g/mol. The van der Waals surface area contributed by atoms with Gasteiger partial charge in [-0.15, -0.1) is 0 Å². The van der Waals surface area contributed by atoms with Crippen molar-refractivity contribution in [2.75, 3.05) is 26.8 Å². The van der Waals surface area contributed by atoms with Crippen LogP contribution in [0.5, 0.6) is 0 Å². The number of aliphatic hydroxyl groups is 1. The molecule has 18 heavy (non-hydrogen) atoms. The summed E-state index contributed by atoms with van der Waals surface area (Å²) in [6, 6.07) is -2.13. The number of nitrogens with one attached hydrogen (secondary N) is 1. The molecule has 0 fully saturated rings. The summed E-state index contributed by atoms with van der Waals surface area (Å²) in [6.45, 7) is 1.09. The van der Waals surface area contributed by atoms with Crippen molar-refractivity contribution in [3.05, 3.63) is 0 Å². The quantitative estimate of drug-likeness (QED) is 0.508. The van der Waals surface area contributed by atoms with Gasteiger partial charge in [-0.25, -0.2) is 9.59 Å². The van der Waals surface area contributed by atoms with E-state index in [-0.39, 0.29) is 13.1 Å². The number of hydrogen-bond donors (Lipinski definition) is 3. The minimum absolute atomic E-state index is 0.270. The molecule has 0 spiro atoms. The fourth-order valence-corrected chi connectivity index (χ4v) is 1.17. The molecule has 0 bridgehead atoms. The van der Waals surface area contributed by atoms with Gasteiger partial charge in [0.05, 0.1) is 13.7 Å². The van der Waals surface area contributed by atoms with Gasteiger partial charge in [0.25, 0.3) is 0 Å². The SMILES string of the molecule is CCCN(CC(=O)OC)C(=O)N[C@@H](CO)C(=O)O. The number of urea groups is 1. The summed E-state index contributed by atoms with van der Waals surface area (Å²) >= 11 is 0. The van der Waals surface area contributed by atoms with Crippen LogP contribution in [-0.4, -0.2) is 65.9 Å². The molecule has 0 radical (unpaired) electrons. The van der Waals surface area contributed by atoms with Crippen LogP contribution in [0.15, 0.2) is 0 Å². The number of carboxylic acid groups (broad SMARTS) is 1. The molecule has 0 aromatic heterocycles. The number of methoxy groups -OCH3 is 1. The van der Waals surface area contributed by atoms with Crippen molar-refractivity contribution in [2.24, 2.45) is 0 Å². The smallest absolute Gasteiger partial charge is 0.328 e.